The smallest absolute Gasteiger partial charge is 0.322 e. The molecule has 0 aromatic carbocycles. The van der Waals surface area contributed by atoms with Gasteiger partial charge < -0.3 is 15.7 Å². The first-order chi connectivity index (χ1) is 5.81. The third-order valence-electron chi connectivity index (χ3n) is 1.22. The Hall–Kier alpha value is -1.10. The molecule has 13 heavy (non-hydrogen) atoms. The maximum Gasteiger partial charge on any atom is 0.322 e. The van der Waals surface area contributed by atoms with E-state index < -0.39 is 5.97 Å². The van der Waals surface area contributed by atoms with Crippen molar-refractivity contribution in [3.63, 3.8) is 0 Å². The van der Waals surface area contributed by atoms with Crippen LogP contribution >= 0.6 is 0 Å². The van der Waals surface area contributed by atoms with Gasteiger partial charge in [0.2, 0.25) is 5.91 Å². The molecule has 76 valence electrons. The Morgan fingerprint density at radius 3 is 2.15 bits per heavy atom. The van der Waals surface area contributed by atoms with Crippen LogP contribution in [0.1, 0.15) is 20.8 Å². The van der Waals surface area contributed by atoms with Gasteiger partial charge in [0.05, 0.1) is 6.54 Å². The van der Waals surface area contributed by atoms with Gasteiger partial charge in [0, 0.05) is 5.54 Å². The molecule has 3 N–H and O–H groups in total. The van der Waals surface area contributed by atoms with Crippen LogP contribution in [0.25, 0.3) is 0 Å². The highest BCUT2D eigenvalue weighted by Gasteiger charge is 2.11. The summed E-state index contributed by atoms with van der Waals surface area (Å²) in [5, 5.41) is 13.4. The monoisotopic (exact) mass is 188 g/mol. The zero-order valence-electron chi connectivity index (χ0n) is 8.18. The number of hydrogen-bond donors (Lipinski definition) is 3. The molecule has 0 spiro atoms. The standard InChI is InChI=1S/C8H16N2O3/c1-8(2,3)10-4-6(11)9-5-7(12)13/h10H,4-5H2,1-3H3,(H,9,11)(H,12,13). The highest BCUT2D eigenvalue weighted by molar-refractivity contribution is 5.82. The van der Waals surface area contributed by atoms with E-state index in [1.807, 2.05) is 20.8 Å². The van der Waals surface area contributed by atoms with E-state index in [0.29, 0.717) is 0 Å². The first kappa shape index (κ1) is 11.9. The van der Waals surface area contributed by atoms with Gasteiger partial charge in [-0.2, -0.15) is 0 Å². The second-order valence-corrected chi connectivity index (χ2v) is 3.77. The Morgan fingerprint density at radius 1 is 1.23 bits per heavy atom. The van der Waals surface area contributed by atoms with Crippen molar-refractivity contribution in [1.29, 1.82) is 0 Å². The molecule has 0 unspecified atom stereocenters. The molecule has 0 radical (unpaired) electrons. The van der Waals surface area contributed by atoms with Gasteiger partial charge in [-0.25, -0.2) is 0 Å². The lowest BCUT2D eigenvalue weighted by atomic mass is 10.1. The Balaban J connectivity index is 3.58. The fourth-order valence-electron chi connectivity index (χ4n) is 0.582. The van der Waals surface area contributed by atoms with Crippen LogP contribution < -0.4 is 10.6 Å². The maximum absolute atomic E-state index is 11.0. The summed E-state index contributed by atoms with van der Waals surface area (Å²) in [5.74, 6) is -1.35. The lowest BCUT2D eigenvalue weighted by Gasteiger charge is -2.19. The quantitative estimate of drug-likeness (QED) is 0.559. The highest BCUT2D eigenvalue weighted by Crippen LogP contribution is 1.96. The largest absolute Gasteiger partial charge is 0.480 e. The average Bonchev–Trinajstić information content (AvgIpc) is 1.95. The van der Waals surface area contributed by atoms with Crippen molar-refractivity contribution in [2.45, 2.75) is 26.3 Å². The second kappa shape index (κ2) is 4.81. The number of carbonyl (C=O) groups is 2. The molecule has 0 rings (SSSR count). The number of nitrogens with one attached hydrogen (secondary N) is 2. The molecule has 1 amide bonds. The molecule has 0 atom stereocenters. The molecule has 0 aliphatic heterocycles. The summed E-state index contributed by atoms with van der Waals surface area (Å²) >= 11 is 0. The lowest BCUT2D eigenvalue weighted by molar-refractivity contribution is -0.137. The van der Waals surface area contributed by atoms with Gasteiger partial charge in [0.25, 0.3) is 0 Å². The van der Waals surface area contributed by atoms with Crippen LogP contribution in [0, 0.1) is 0 Å². The topological polar surface area (TPSA) is 78.4 Å². The normalized spacial score (nSPS) is 11.0. The fourth-order valence-corrected chi connectivity index (χ4v) is 0.582. The SMILES string of the molecule is CC(C)(C)NCC(=O)NCC(=O)O. The van der Waals surface area contributed by atoms with Crippen molar-refractivity contribution in [2.75, 3.05) is 13.1 Å². The molecule has 0 fully saturated rings. The first-order valence-corrected chi connectivity index (χ1v) is 4.05. The Labute approximate surface area is 77.5 Å². The second-order valence-electron chi connectivity index (χ2n) is 3.77. The lowest BCUT2D eigenvalue weighted by Crippen LogP contribution is -2.44. The van der Waals surface area contributed by atoms with E-state index in [-0.39, 0.29) is 24.5 Å². The summed E-state index contributed by atoms with van der Waals surface area (Å²) in [4.78, 5) is 21.0. The van der Waals surface area contributed by atoms with Gasteiger partial charge in [0.1, 0.15) is 6.54 Å². The number of hydrogen-bond acceptors (Lipinski definition) is 3. The minimum atomic E-state index is -1.04. The molecular weight excluding hydrogens is 172 g/mol. The molecule has 0 aliphatic rings. The number of carboxylic acid groups (broad SMARTS) is 1. The van der Waals surface area contributed by atoms with Crippen molar-refractivity contribution in [3.05, 3.63) is 0 Å². The molecule has 0 saturated heterocycles. The zero-order valence-corrected chi connectivity index (χ0v) is 8.18. The Kier molecular flexibility index (Phi) is 4.40. The summed E-state index contributed by atoms with van der Waals surface area (Å²) in [5.41, 5.74) is -0.138. The molecule has 5 nitrogen and oxygen atoms in total. The summed E-state index contributed by atoms with van der Waals surface area (Å²) in [6, 6.07) is 0. The van der Waals surface area contributed by atoms with Gasteiger partial charge in [0.15, 0.2) is 0 Å². The van der Waals surface area contributed by atoms with Gasteiger partial charge in [-0.3, -0.25) is 9.59 Å². The van der Waals surface area contributed by atoms with Crippen LogP contribution in [0.3, 0.4) is 0 Å². The number of amides is 1. The Bertz CT molecular complexity index is 196. The van der Waals surface area contributed by atoms with E-state index in [4.69, 9.17) is 5.11 Å². The van der Waals surface area contributed by atoms with Crippen LogP contribution in [0.15, 0.2) is 0 Å². The predicted octanol–water partition coefficient (Wildman–Crippen LogP) is -0.425. The number of rotatable bonds is 4. The Morgan fingerprint density at radius 2 is 1.77 bits per heavy atom. The van der Waals surface area contributed by atoms with E-state index >= 15 is 0 Å². The van der Waals surface area contributed by atoms with Crippen molar-refractivity contribution >= 4 is 11.9 Å². The van der Waals surface area contributed by atoms with E-state index in [0.717, 1.165) is 0 Å². The minimum absolute atomic E-state index is 0.136. The maximum atomic E-state index is 11.0. The molecular formula is C8H16N2O3. The van der Waals surface area contributed by atoms with Gasteiger partial charge >= 0.3 is 5.97 Å². The van der Waals surface area contributed by atoms with Gasteiger partial charge in [-0.15, -0.1) is 0 Å². The van der Waals surface area contributed by atoms with Crippen LogP contribution in [0.5, 0.6) is 0 Å². The van der Waals surface area contributed by atoms with Crippen LogP contribution in [-0.4, -0.2) is 35.6 Å². The number of carbonyl (C=O) groups excluding carboxylic acids is 1. The summed E-state index contributed by atoms with van der Waals surface area (Å²) in [7, 11) is 0. The molecule has 0 heterocycles. The zero-order chi connectivity index (χ0) is 10.5. The number of carboxylic acids is 1. The van der Waals surface area contributed by atoms with Crippen LogP contribution in [0.2, 0.25) is 0 Å². The van der Waals surface area contributed by atoms with Crippen LogP contribution in [0.4, 0.5) is 0 Å². The molecule has 5 heteroatoms. The predicted molar refractivity (Wildman–Crippen MR) is 48.4 cm³/mol. The summed E-state index contributed by atoms with van der Waals surface area (Å²) < 4.78 is 0. The van der Waals surface area contributed by atoms with Crippen LogP contribution in [-0.2, 0) is 9.59 Å². The third-order valence-corrected chi connectivity index (χ3v) is 1.22. The highest BCUT2D eigenvalue weighted by atomic mass is 16.4. The minimum Gasteiger partial charge on any atom is -0.480 e. The van der Waals surface area contributed by atoms with Crippen molar-refractivity contribution in [2.24, 2.45) is 0 Å². The molecule has 0 aliphatic carbocycles. The fraction of sp³-hybridized carbons (Fsp3) is 0.750. The van der Waals surface area contributed by atoms with Crippen molar-refractivity contribution in [1.82, 2.24) is 10.6 Å². The number of aliphatic carboxylic acids is 1. The summed E-state index contributed by atoms with van der Waals surface area (Å²) in [6.07, 6.45) is 0. The van der Waals surface area contributed by atoms with E-state index in [2.05, 4.69) is 10.6 Å². The van der Waals surface area contributed by atoms with Gasteiger partial charge in [-0.05, 0) is 20.8 Å². The molecule has 0 saturated carbocycles. The molecule has 0 bridgehead atoms. The van der Waals surface area contributed by atoms with Gasteiger partial charge in [-0.1, -0.05) is 0 Å². The van der Waals surface area contributed by atoms with Crippen molar-refractivity contribution < 1.29 is 14.7 Å². The average molecular weight is 188 g/mol. The van der Waals surface area contributed by atoms with E-state index in [1.165, 1.54) is 0 Å². The first-order valence-electron chi connectivity index (χ1n) is 4.05. The van der Waals surface area contributed by atoms with Crippen molar-refractivity contribution in [3.8, 4) is 0 Å². The van der Waals surface area contributed by atoms with E-state index in [9.17, 15) is 9.59 Å². The summed E-state index contributed by atoms with van der Waals surface area (Å²) in [6.45, 7) is 5.59. The molecule has 0 aromatic heterocycles. The molecule has 0 aromatic rings. The van der Waals surface area contributed by atoms with E-state index in [1.54, 1.807) is 0 Å². The third kappa shape index (κ3) is 8.81.